The highest BCUT2D eigenvalue weighted by molar-refractivity contribution is 6.42. The number of rotatable bonds is 17. The molecule has 21 heteroatoms. The number of nitrogens with zero attached hydrogens (tertiary/aromatic N) is 9. The van der Waals surface area contributed by atoms with Crippen LogP contribution in [-0.2, 0) is 15.0 Å². The molecule has 26 rings (SSSR count). The summed E-state index contributed by atoms with van der Waals surface area (Å²) in [6.07, 6.45) is 1.83. The first-order valence-electron chi connectivity index (χ1n) is 46.4. The highest BCUT2D eigenvalue weighted by Gasteiger charge is 2.45. The van der Waals surface area contributed by atoms with Crippen LogP contribution in [-0.4, -0.2) is 69.8 Å². The molecule has 0 saturated heterocycles. The fraction of sp³-hybridized carbons (Fsp3) is 0.0413. The van der Waals surface area contributed by atoms with E-state index in [1.54, 1.807) is 26.0 Å². The highest BCUT2D eigenvalue weighted by Crippen LogP contribution is 2.52. The van der Waals surface area contributed by atoms with Gasteiger partial charge in [-0.1, -0.05) is 251 Å². The number of benzene rings is 17. The molecule has 0 N–H and O–H groups in total. The van der Waals surface area contributed by atoms with E-state index in [-0.39, 0.29) is 88.8 Å². The molecule has 2 atom stereocenters. The Hall–Kier alpha value is -19.3. The number of para-hydroxylation sites is 8. The molecule has 0 saturated carbocycles. The molecular weight excluding hydrogens is 1770 g/mol. The van der Waals surface area contributed by atoms with Crippen LogP contribution in [0.2, 0.25) is 0 Å². The van der Waals surface area contributed by atoms with Crippen LogP contribution in [0, 0.1) is 0 Å². The second-order valence-corrected chi connectivity index (χ2v) is 36.5. The molecule has 0 aliphatic carbocycles. The van der Waals surface area contributed by atoms with E-state index in [0.717, 1.165) is 153 Å². The molecule has 9 heterocycles. The molecule has 22 aromatic rings. The van der Waals surface area contributed by atoms with E-state index in [9.17, 15) is 9.59 Å². The van der Waals surface area contributed by atoms with E-state index in [1.165, 1.54) is 60.7 Å². The normalized spacial score (nSPS) is 14.5. The smallest absolute Gasteiger partial charge is 0.335 e. The third-order valence-electron chi connectivity index (χ3n) is 28.7. The molecule has 0 bridgehead atoms. The number of aliphatic imine (C=N–C) groups is 2. The van der Waals surface area contributed by atoms with E-state index >= 15 is 38.4 Å². The van der Waals surface area contributed by atoms with E-state index in [2.05, 4.69) is 57.2 Å². The number of amides is 4. The maximum atomic E-state index is 16.6. The minimum absolute atomic E-state index is 0.0360. The van der Waals surface area contributed by atoms with Gasteiger partial charge in [0.15, 0.2) is 11.5 Å². The van der Waals surface area contributed by atoms with Crippen molar-refractivity contribution in [3.05, 3.63) is 491 Å². The lowest BCUT2D eigenvalue weighted by Gasteiger charge is -2.33. The summed E-state index contributed by atoms with van der Waals surface area (Å²) in [4.78, 5) is 169. The third-order valence-corrected chi connectivity index (χ3v) is 28.7. The predicted molar refractivity (Wildman–Crippen MR) is 555 cm³/mol. The van der Waals surface area contributed by atoms with Crippen molar-refractivity contribution < 1.29 is 38.2 Å². The van der Waals surface area contributed by atoms with Gasteiger partial charge in [0.1, 0.15) is 5.69 Å². The van der Waals surface area contributed by atoms with Gasteiger partial charge in [0.2, 0.25) is 0 Å². The van der Waals surface area contributed by atoms with Crippen molar-refractivity contribution in [1.82, 2.24) is 22.8 Å². The summed E-state index contributed by atoms with van der Waals surface area (Å²) in [7, 11) is 0. The summed E-state index contributed by atoms with van der Waals surface area (Å²) >= 11 is 0. The van der Waals surface area contributed by atoms with Gasteiger partial charge in [-0.15, -0.1) is 0 Å². The van der Waals surface area contributed by atoms with Gasteiger partial charge in [0.25, 0.3) is 45.9 Å². The third kappa shape index (κ3) is 12.2. The molecular formula is C121H73N9O12. The molecule has 142 heavy (non-hydrogen) atoms. The molecule has 674 valence electrons. The van der Waals surface area contributed by atoms with Crippen LogP contribution >= 0.6 is 0 Å². The van der Waals surface area contributed by atoms with Crippen molar-refractivity contribution in [3.63, 3.8) is 0 Å². The first-order chi connectivity index (χ1) is 69.3. The Kier molecular flexibility index (Phi) is 18.4. The summed E-state index contributed by atoms with van der Waals surface area (Å²) in [6.45, 7) is 10.8. The lowest BCUT2D eigenvalue weighted by Crippen LogP contribution is -2.43. The number of carbonyl (C=O) groups excluding carboxylic acids is 6. The summed E-state index contributed by atoms with van der Waals surface area (Å²) in [5.41, 5.74) is 10.5. The van der Waals surface area contributed by atoms with Gasteiger partial charge >= 0.3 is 11.9 Å². The first kappa shape index (κ1) is 83.3. The molecule has 5 aromatic heterocycles. The van der Waals surface area contributed by atoms with Crippen molar-refractivity contribution in [3.8, 4) is 39.9 Å². The average Bonchev–Trinajstić information content (AvgIpc) is 0.953. The van der Waals surface area contributed by atoms with Crippen LogP contribution < -0.4 is 41.5 Å². The second kappa shape index (κ2) is 31.4. The van der Waals surface area contributed by atoms with Crippen molar-refractivity contribution in [2.45, 2.75) is 31.1 Å². The lowest BCUT2D eigenvalue weighted by molar-refractivity contribution is -0.129. The second-order valence-electron chi connectivity index (χ2n) is 36.5. The SMILES string of the molecule is C=CC(=O)Oc1ccc(C(C)(C)c2ccc(OC(=O)C=C)c(-n3c(=O)c4cc5c(=O)n(-c6c(-n7c8ccccc8c8ccccc87)cc(-n7c8ccccc8c8ccccc87)cc6-n6c7ccccc7c7ccccc76)c(=O)c5cc4c3=O)c2)cc1N1C(=O)c2ccc3c4c(ccc(c24)C1=O)C(=O)N(c1cc(C2C(c4ccccc4)=Nc4ccccc42)cc(C2C(c4ccccc4)=Nc4ccccc42)c1)C3=O. The number of aromatic nitrogens is 5. The van der Waals surface area contributed by atoms with Crippen LogP contribution in [0.5, 0.6) is 11.5 Å². The molecule has 2 unspecified atom stereocenters. The van der Waals surface area contributed by atoms with Gasteiger partial charge in [-0.3, -0.25) is 48.3 Å². The quantitative estimate of drug-likeness (QED) is 0.0357. The number of esters is 2. The zero-order valence-corrected chi connectivity index (χ0v) is 75.7. The minimum atomic E-state index is -1.32. The van der Waals surface area contributed by atoms with Crippen molar-refractivity contribution in [1.29, 1.82) is 0 Å². The van der Waals surface area contributed by atoms with Crippen LogP contribution in [0.25, 0.3) is 126 Å². The number of hydrogen-bond acceptors (Lipinski definition) is 14. The number of anilines is 2. The fourth-order valence-corrected chi connectivity index (χ4v) is 22.2. The standard InChI is InChI=1S/C121H73N9O12/c1-5-104(131)141-102-55-49-70(60-98(102)128-115(135)84-53-51-82-108-83(52-54-85(109(84)108)116(128)136)114(134)125(113(82)133)72-58-68(106-80-39-13-21-41-90(80)122-110(106)66-29-9-7-10-30-66)57-69(59-72)107-81-40-14-22-42-91(81)123-111(107)67-31-11-8-12-32-67)121(3,4)71-50-56-103(142-105(132)6-2)99(61-71)129-117(137)86-64-88-89(65-87(86)118(129)138)120(140)130(119(88)139)112-100(126-94-45-25-17-35-76(94)77-36-18-26-46-95(77)126)62-73(124-92-43-23-15-33-74(92)75-34-16-24-44-93(75)124)63-101(112)127-96-47-27-19-37-78(96)79-38-20-28-48-97(79)127/h5-65,106-107H,1-2H2,3-4H3. The highest BCUT2D eigenvalue weighted by atomic mass is 16.5. The maximum Gasteiger partial charge on any atom is 0.335 e. The Labute approximate surface area is 805 Å². The van der Waals surface area contributed by atoms with E-state index in [4.69, 9.17) is 19.5 Å². The number of ether oxygens (including phenoxy) is 2. The summed E-state index contributed by atoms with van der Waals surface area (Å²) < 4.78 is 20.2. The largest absolute Gasteiger partial charge is 0.421 e. The summed E-state index contributed by atoms with van der Waals surface area (Å²) in [5, 5.41) is 4.92. The Morgan fingerprint density at radius 2 is 0.634 bits per heavy atom. The van der Waals surface area contributed by atoms with Gasteiger partial charge in [0.05, 0.1) is 123 Å². The average molecular weight is 1840 g/mol. The van der Waals surface area contributed by atoms with Crippen LogP contribution in [0.1, 0.15) is 112 Å². The monoisotopic (exact) mass is 1840 g/mol. The number of imide groups is 2. The van der Waals surface area contributed by atoms with Crippen LogP contribution in [0.4, 0.5) is 22.7 Å². The van der Waals surface area contributed by atoms with Gasteiger partial charge in [-0.2, -0.15) is 0 Å². The number of hydrogen-bond donors (Lipinski definition) is 0. The molecule has 4 aliphatic heterocycles. The van der Waals surface area contributed by atoms with E-state index in [1.807, 2.05) is 255 Å². The van der Waals surface area contributed by atoms with Gasteiger partial charge in [-0.05, 0) is 178 Å². The topological polar surface area (TPSA) is 245 Å². The van der Waals surface area contributed by atoms with Crippen LogP contribution in [0.15, 0.2) is 412 Å². The molecule has 4 amide bonds. The first-order valence-corrected chi connectivity index (χ1v) is 46.4. The maximum absolute atomic E-state index is 16.6. The predicted octanol–water partition coefficient (Wildman–Crippen LogP) is 23.0. The van der Waals surface area contributed by atoms with E-state index < -0.39 is 75.1 Å². The Morgan fingerprint density at radius 1 is 0.303 bits per heavy atom. The number of fused-ring (bicyclic) bond motifs is 13. The van der Waals surface area contributed by atoms with E-state index in [0.29, 0.717) is 28.2 Å². The number of carbonyl (C=O) groups is 6. The van der Waals surface area contributed by atoms with Crippen molar-refractivity contribution >= 4 is 167 Å². The zero-order chi connectivity index (χ0) is 96.3. The molecule has 17 aromatic carbocycles. The Bertz CT molecular complexity index is 9300. The molecule has 21 nitrogen and oxygen atoms in total. The van der Waals surface area contributed by atoms with Crippen LogP contribution in [0.3, 0.4) is 0 Å². The summed E-state index contributed by atoms with van der Waals surface area (Å²) in [5.74, 6) is -6.63. The Balaban J connectivity index is 0.592. The van der Waals surface area contributed by atoms with Crippen molar-refractivity contribution in [2.75, 3.05) is 9.80 Å². The van der Waals surface area contributed by atoms with Gasteiger partial charge in [0, 0.05) is 82.9 Å². The lowest BCUT2D eigenvalue weighted by atomic mass is 9.77. The molecule has 0 spiro atoms. The fourth-order valence-electron chi connectivity index (χ4n) is 22.2. The molecule has 4 aliphatic rings. The summed E-state index contributed by atoms with van der Waals surface area (Å²) in [6, 6.07) is 111. The van der Waals surface area contributed by atoms with Crippen molar-refractivity contribution in [2.24, 2.45) is 9.98 Å². The van der Waals surface area contributed by atoms with Gasteiger partial charge in [-0.25, -0.2) is 28.5 Å². The van der Waals surface area contributed by atoms with Gasteiger partial charge < -0.3 is 23.2 Å². The zero-order valence-electron chi connectivity index (χ0n) is 75.7. The minimum Gasteiger partial charge on any atom is -0.421 e. The Morgan fingerprint density at radius 3 is 1.02 bits per heavy atom. The molecule has 0 fully saturated rings. The molecule has 0 radical (unpaired) electrons.